The normalized spacial score (nSPS) is 14.5. The average Bonchev–Trinajstić information content (AvgIpc) is 3.36. The molecule has 1 fully saturated rings. The molecular formula is C20H20N4O2. The summed E-state index contributed by atoms with van der Waals surface area (Å²) in [5.74, 6) is 1.26. The van der Waals surface area contributed by atoms with Gasteiger partial charge in [0.1, 0.15) is 0 Å². The summed E-state index contributed by atoms with van der Waals surface area (Å²) in [5.41, 5.74) is 2.58. The van der Waals surface area contributed by atoms with E-state index in [0.29, 0.717) is 18.1 Å². The topological polar surface area (TPSA) is 80.9 Å². The Bertz CT molecular complexity index is 886. The average molecular weight is 348 g/mol. The molecule has 4 rings (SSSR count). The molecule has 0 aliphatic heterocycles. The van der Waals surface area contributed by atoms with Crippen molar-refractivity contribution in [3.8, 4) is 11.4 Å². The number of nitrogens with zero attached hydrogens (tertiary/aromatic N) is 3. The molecule has 2 heterocycles. The van der Waals surface area contributed by atoms with Crippen molar-refractivity contribution in [2.24, 2.45) is 5.92 Å². The highest BCUT2D eigenvalue weighted by Crippen LogP contribution is 2.27. The van der Waals surface area contributed by atoms with Crippen LogP contribution < -0.4 is 5.32 Å². The minimum atomic E-state index is 0.108. The zero-order valence-electron chi connectivity index (χ0n) is 14.4. The van der Waals surface area contributed by atoms with E-state index in [1.165, 1.54) is 0 Å². The number of para-hydroxylation sites is 1. The van der Waals surface area contributed by atoms with Gasteiger partial charge >= 0.3 is 0 Å². The number of aromatic nitrogens is 3. The maximum atomic E-state index is 12.4. The number of nitrogens with one attached hydrogen (secondary N) is 1. The number of amides is 1. The fourth-order valence-electron chi connectivity index (χ4n) is 3.32. The molecule has 1 N–H and O–H groups in total. The zero-order chi connectivity index (χ0) is 17.8. The van der Waals surface area contributed by atoms with Gasteiger partial charge in [-0.3, -0.25) is 9.78 Å². The van der Waals surface area contributed by atoms with E-state index >= 15 is 0 Å². The van der Waals surface area contributed by atoms with Gasteiger partial charge in [-0.25, -0.2) is 0 Å². The lowest BCUT2D eigenvalue weighted by molar-refractivity contribution is -0.119. The Balaban J connectivity index is 1.50. The maximum absolute atomic E-state index is 12.4. The minimum Gasteiger partial charge on any atom is -0.339 e. The summed E-state index contributed by atoms with van der Waals surface area (Å²) in [7, 11) is 0. The number of hydrogen-bond donors (Lipinski definition) is 1. The van der Waals surface area contributed by atoms with E-state index in [1.54, 1.807) is 12.4 Å². The van der Waals surface area contributed by atoms with Crippen molar-refractivity contribution in [1.29, 1.82) is 0 Å². The third-order valence-corrected chi connectivity index (χ3v) is 4.73. The Morgan fingerprint density at radius 3 is 2.81 bits per heavy atom. The molecular weight excluding hydrogens is 328 g/mol. The van der Waals surface area contributed by atoms with Gasteiger partial charge in [-0.05, 0) is 36.6 Å². The second kappa shape index (κ2) is 7.47. The number of hydrogen-bond acceptors (Lipinski definition) is 5. The lowest BCUT2D eigenvalue weighted by atomic mass is 10.1. The summed E-state index contributed by atoms with van der Waals surface area (Å²) < 4.78 is 5.38. The van der Waals surface area contributed by atoms with E-state index in [9.17, 15) is 4.79 Å². The first-order chi connectivity index (χ1) is 12.8. The first-order valence-electron chi connectivity index (χ1n) is 8.91. The minimum absolute atomic E-state index is 0.108. The largest absolute Gasteiger partial charge is 0.339 e. The van der Waals surface area contributed by atoms with Gasteiger partial charge in [-0.2, -0.15) is 4.98 Å². The number of carbonyl (C=O) groups is 1. The zero-order valence-corrected chi connectivity index (χ0v) is 14.4. The second-order valence-corrected chi connectivity index (χ2v) is 6.56. The van der Waals surface area contributed by atoms with Crippen LogP contribution in [-0.4, -0.2) is 21.0 Å². The molecule has 0 spiro atoms. The molecule has 0 saturated heterocycles. The van der Waals surface area contributed by atoms with Crippen LogP contribution in [0.2, 0.25) is 0 Å². The first kappa shape index (κ1) is 16.4. The van der Waals surface area contributed by atoms with Crippen molar-refractivity contribution >= 4 is 11.6 Å². The molecule has 6 nitrogen and oxygen atoms in total. The molecule has 0 bridgehead atoms. The van der Waals surface area contributed by atoms with Gasteiger partial charge in [-0.15, -0.1) is 0 Å². The lowest BCUT2D eigenvalue weighted by Gasteiger charge is -2.13. The molecule has 1 saturated carbocycles. The number of carbonyl (C=O) groups excluding carboxylic acids is 1. The number of anilines is 1. The quantitative estimate of drug-likeness (QED) is 0.757. The summed E-state index contributed by atoms with van der Waals surface area (Å²) in [6.07, 6.45) is 8.10. The van der Waals surface area contributed by atoms with Gasteiger partial charge in [0.05, 0.1) is 6.42 Å². The summed E-state index contributed by atoms with van der Waals surface area (Å²) >= 11 is 0. The van der Waals surface area contributed by atoms with E-state index in [2.05, 4.69) is 20.4 Å². The highest BCUT2D eigenvalue weighted by molar-refractivity contribution is 5.93. The van der Waals surface area contributed by atoms with Crippen LogP contribution in [0, 0.1) is 5.92 Å². The predicted molar refractivity (Wildman–Crippen MR) is 97.4 cm³/mol. The van der Waals surface area contributed by atoms with E-state index in [0.717, 1.165) is 42.5 Å². The summed E-state index contributed by atoms with van der Waals surface area (Å²) in [5, 5.41) is 7.10. The molecule has 6 heteroatoms. The van der Waals surface area contributed by atoms with Gasteiger partial charge in [0.2, 0.25) is 17.6 Å². The fourth-order valence-corrected chi connectivity index (χ4v) is 3.32. The van der Waals surface area contributed by atoms with Gasteiger partial charge in [-0.1, -0.05) is 36.2 Å². The van der Waals surface area contributed by atoms with E-state index in [-0.39, 0.29) is 11.8 Å². The number of rotatable bonds is 5. The molecule has 2 aromatic heterocycles. The smallest absolute Gasteiger partial charge is 0.231 e. The molecule has 1 aliphatic carbocycles. The van der Waals surface area contributed by atoms with Crippen LogP contribution in [0.4, 0.5) is 5.69 Å². The molecule has 1 amide bonds. The van der Waals surface area contributed by atoms with Crippen LogP contribution in [0.15, 0.2) is 53.3 Å². The van der Waals surface area contributed by atoms with Gasteiger partial charge in [0.25, 0.3) is 0 Å². The molecule has 1 aliphatic rings. The highest BCUT2D eigenvalue weighted by atomic mass is 16.5. The van der Waals surface area contributed by atoms with Crippen LogP contribution >= 0.6 is 0 Å². The van der Waals surface area contributed by atoms with Gasteiger partial charge < -0.3 is 9.84 Å². The van der Waals surface area contributed by atoms with E-state index < -0.39 is 0 Å². The van der Waals surface area contributed by atoms with Crippen molar-refractivity contribution in [2.45, 2.75) is 32.1 Å². The lowest BCUT2D eigenvalue weighted by Crippen LogP contribution is -2.21. The van der Waals surface area contributed by atoms with Gasteiger partial charge in [0.15, 0.2) is 0 Å². The Hall–Kier alpha value is -3.02. The van der Waals surface area contributed by atoms with E-state index in [1.807, 2.05) is 36.4 Å². The van der Waals surface area contributed by atoms with E-state index in [4.69, 9.17) is 4.52 Å². The third-order valence-electron chi connectivity index (χ3n) is 4.73. The Labute approximate surface area is 151 Å². The highest BCUT2D eigenvalue weighted by Gasteiger charge is 2.23. The third kappa shape index (κ3) is 3.64. The van der Waals surface area contributed by atoms with Crippen molar-refractivity contribution in [1.82, 2.24) is 15.1 Å². The van der Waals surface area contributed by atoms with Crippen LogP contribution in [0.25, 0.3) is 11.4 Å². The fraction of sp³-hybridized carbons (Fsp3) is 0.300. The maximum Gasteiger partial charge on any atom is 0.231 e. The molecule has 132 valence electrons. The molecule has 3 aromatic rings. The number of pyridine rings is 1. The summed E-state index contributed by atoms with van der Waals surface area (Å²) in [6.45, 7) is 0. The predicted octanol–water partition coefficient (Wildman–Crippen LogP) is 3.85. The molecule has 0 atom stereocenters. The monoisotopic (exact) mass is 348 g/mol. The van der Waals surface area contributed by atoms with Crippen LogP contribution in [0.3, 0.4) is 0 Å². The summed E-state index contributed by atoms with van der Waals surface area (Å²) in [6, 6.07) is 11.5. The van der Waals surface area contributed by atoms with Crippen LogP contribution in [-0.2, 0) is 11.2 Å². The van der Waals surface area contributed by atoms with Crippen molar-refractivity contribution in [3.63, 3.8) is 0 Å². The molecule has 0 unspecified atom stereocenters. The SMILES string of the molecule is O=C(Nc1ccccc1Cc1nc(-c2cccnc2)no1)C1CCCC1. The summed E-state index contributed by atoms with van der Waals surface area (Å²) in [4.78, 5) is 21.0. The van der Waals surface area contributed by atoms with Gasteiger partial charge in [0, 0.05) is 29.6 Å². The molecule has 26 heavy (non-hydrogen) atoms. The first-order valence-corrected chi connectivity index (χ1v) is 8.91. The molecule has 0 radical (unpaired) electrons. The number of benzene rings is 1. The Morgan fingerprint density at radius 1 is 1.15 bits per heavy atom. The second-order valence-electron chi connectivity index (χ2n) is 6.56. The standard InChI is InChI=1S/C20H20N4O2/c25-20(14-6-1-2-7-14)22-17-10-4-3-8-15(17)12-18-23-19(24-26-18)16-9-5-11-21-13-16/h3-5,8-11,13-14H,1-2,6-7,12H2,(H,22,25). The van der Waals surface area contributed by atoms with Crippen molar-refractivity contribution in [2.75, 3.05) is 5.32 Å². The Morgan fingerprint density at radius 2 is 2.00 bits per heavy atom. The van der Waals surface area contributed by atoms with Crippen LogP contribution in [0.5, 0.6) is 0 Å². The van der Waals surface area contributed by atoms with Crippen LogP contribution in [0.1, 0.15) is 37.1 Å². The molecule has 1 aromatic carbocycles. The Kier molecular flexibility index (Phi) is 4.73. The van der Waals surface area contributed by atoms with Crippen molar-refractivity contribution < 1.29 is 9.32 Å². The van der Waals surface area contributed by atoms with Crippen molar-refractivity contribution in [3.05, 3.63) is 60.2 Å².